The summed E-state index contributed by atoms with van der Waals surface area (Å²) in [6.45, 7) is 0.281. The van der Waals surface area contributed by atoms with Crippen LogP contribution in [0.4, 0.5) is 0 Å². The first-order valence-corrected chi connectivity index (χ1v) is 10.2. The Hall–Kier alpha value is -2.27. The van der Waals surface area contributed by atoms with E-state index in [1.165, 1.54) is 6.08 Å². The van der Waals surface area contributed by atoms with Crippen LogP contribution in [-0.2, 0) is 6.61 Å². The summed E-state index contributed by atoms with van der Waals surface area (Å²) in [7, 11) is 1.57. The van der Waals surface area contributed by atoms with Crippen LogP contribution < -0.4 is 9.47 Å². The summed E-state index contributed by atoms with van der Waals surface area (Å²) >= 11 is 15.5. The fraction of sp³-hybridized carbons (Fsp3) is 0.0870. The lowest BCUT2D eigenvalue weighted by Crippen LogP contribution is -1.99. The molecule has 0 saturated heterocycles. The summed E-state index contributed by atoms with van der Waals surface area (Å²) < 4.78 is 12.1. The molecular formula is C23H17BrCl2O3. The lowest BCUT2D eigenvalue weighted by molar-refractivity contribution is 0.104. The summed E-state index contributed by atoms with van der Waals surface area (Å²) in [6, 6.07) is 18.0. The molecule has 3 rings (SSSR count). The lowest BCUT2D eigenvalue weighted by Gasteiger charge is -2.12. The predicted octanol–water partition coefficient (Wildman–Crippen LogP) is 7.24. The van der Waals surface area contributed by atoms with E-state index >= 15 is 0 Å². The number of ether oxygens (including phenoxy) is 2. The molecule has 3 aromatic carbocycles. The molecule has 29 heavy (non-hydrogen) atoms. The van der Waals surface area contributed by atoms with Gasteiger partial charge in [-0.05, 0) is 48.0 Å². The van der Waals surface area contributed by atoms with Crippen LogP contribution in [0.1, 0.15) is 21.5 Å². The summed E-state index contributed by atoms with van der Waals surface area (Å²) in [5.74, 6) is 1.06. The van der Waals surface area contributed by atoms with Crippen LogP contribution in [0, 0.1) is 0 Å². The van der Waals surface area contributed by atoms with Crippen LogP contribution in [0.3, 0.4) is 0 Å². The molecule has 0 aliphatic heterocycles. The van der Waals surface area contributed by atoms with E-state index in [0.29, 0.717) is 27.1 Å². The molecule has 3 nitrogen and oxygen atoms in total. The number of hydrogen-bond acceptors (Lipinski definition) is 3. The minimum Gasteiger partial charge on any atom is -0.493 e. The topological polar surface area (TPSA) is 35.5 Å². The summed E-state index contributed by atoms with van der Waals surface area (Å²) in [6.07, 6.45) is 3.27. The Kier molecular flexibility index (Phi) is 7.37. The van der Waals surface area contributed by atoms with Crippen LogP contribution in [0.5, 0.6) is 11.5 Å². The van der Waals surface area contributed by atoms with E-state index in [0.717, 1.165) is 15.6 Å². The smallest absolute Gasteiger partial charge is 0.185 e. The number of allylic oxidation sites excluding steroid dienone is 1. The number of rotatable bonds is 7. The standard InChI is InChI=1S/C23H17BrCl2O3/c1-28-23-11-15(5-9-21(27)16-3-2-4-18(24)12-16)6-10-22(23)29-14-17-7-8-19(25)13-20(17)26/h2-13H,14H2,1H3. The zero-order chi connectivity index (χ0) is 20.8. The molecular weight excluding hydrogens is 475 g/mol. The fourth-order valence-corrected chi connectivity index (χ4v) is 3.47. The second-order valence-corrected chi connectivity index (χ2v) is 7.90. The molecule has 0 spiro atoms. The van der Waals surface area contributed by atoms with Gasteiger partial charge in [0.15, 0.2) is 17.3 Å². The highest BCUT2D eigenvalue weighted by Crippen LogP contribution is 2.30. The molecule has 0 atom stereocenters. The van der Waals surface area contributed by atoms with Crippen LogP contribution in [-0.4, -0.2) is 12.9 Å². The maximum Gasteiger partial charge on any atom is 0.185 e. The minimum atomic E-state index is -0.0806. The predicted molar refractivity (Wildman–Crippen MR) is 121 cm³/mol. The van der Waals surface area contributed by atoms with Gasteiger partial charge in [-0.15, -0.1) is 0 Å². The average molecular weight is 492 g/mol. The third-order valence-electron chi connectivity index (χ3n) is 4.12. The van der Waals surface area contributed by atoms with Crippen LogP contribution >= 0.6 is 39.1 Å². The van der Waals surface area contributed by atoms with Gasteiger partial charge >= 0.3 is 0 Å². The lowest BCUT2D eigenvalue weighted by atomic mass is 10.1. The molecule has 0 amide bonds. The molecule has 0 N–H and O–H groups in total. The maximum absolute atomic E-state index is 12.3. The Morgan fingerprint density at radius 2 is 1.86 bits per heavy atom. The molecule has 3 aromatic rings. The maximum atomic E-state index is 12.3. The van der Waals surface area contributed by atoms with Crippen LogP contribution in [0.15, 0.2) is 71.2 Å². The molecule has 0 aromatic heterocycles. The van der Waals surface area contributed by atoms with Gasteiger partial charge in [0.2, 0.25) is 0 Å². The Labute approximate surface area is 188 Å². The molecule has 0 radical (unpaired) electrons. The van der Waals surface area contributed by atoms with Gasteiger partial charge in [-0.25, -0.2) is 0 Å². The molecule has 0 aliphatic carbocycles. The Morgan fingerprint density at radius 3 is 2.59 bits per heavy atom. The van der Waals surface area contributed by atoms with Crippen molar-refractivity contribution in [1.82, 2.24) is 0 Å². The van der Waals surface area contributed by atoms with E-state index in [1.807, 2.05) is 30.3 Å². The zero-order valence-corrected chi connectivity index (χ0v) is 18.6. The van der Waals surface area contributed by atoms with Crippen LogP contribution in [0.2, 0.25) is 10.0 Å². The minimum absolute atomic E-state index is 0.0806. The molecule has 0 saturated carbocycles. The first kappa shape index (κ1) is 21.4. The van der Waals surface area contributed by atoms with Crippen LogP contribution in [0.25, 0.3) is 6.08 Å². The second-order valence-electron chi connectivity index (χ2n) is 6.14. The monoisotopic (exact) mass is 490 g/mol. The van der Waals surface area contributed by atoms with Crippen molar-refractivity contribution in [3.63, 3.8) is 0 Å². The van der Waals surface area contributed by atoms with Gasteiger partial charge in [0.05, 0.1) is 7.11 Å². The number of carbonyl (C=O) groups excluding carboxylic acids is 1. The molecule has 0 unspecified atom stereocenters. The number of methoxy groups -OCH3 is 1. The van der Waals surface area contributed by atoms with Crippen molar-refractivity contribution in [2.75, 3.05) is 7.11 Å². The molecule has 0 aliphatic rings. The van der Waals surface area contributed by atoms with Crippen molar-refractivity contribution in [2.45, 2.75) is 6.61 Å². The van der Waals surface area contributed by atoms with Gasteiger partial charge in [0.25, 0.3) is 0 Å². The van der Waals surface area contributed by atoms with E-state index in [1.54, 1.807) is 43.5 Å². The van der Waals surface area contributed by atoms with E-state index in [2.05, 4.69) is 15.9 Å². The van der Waals surface area contributed by atoms with Crippen molar-refractivity contribution in [2.24, 2.45) is 0 Å². The number of benzene rings is 3. The molecule has 148 valence electrons. The first-order valence-electron chi connectivity index (χ1n) is 8.69. The van der Waals surface area contributed by atoms with Gasteiger partial charge in [0, 0.05) is 25.6 Å². The van der Waals surface area contributed by atoms with Gasteiger partial charge in [-0.2, -0.15) is 0 Å². The average Bonchev–Trinajstić information content (AvgIpc) is 2.71. The SMILES string of the molecule is COc1cc(C=CC(=O)c2cccc(Br)c2)ccc1OCc1ccc(Cl)cc1Cl. The first-order chi connectivity index (χ1) is 14.0. The molecule has 0 bridgehead atoms. The van der Waals surface area contributed by atoms with Gasteiger partial charge in [-0.3, -0.25) is 4.79 Å². The number of halogens is 3. The summed E-state index contributed by atoms with van der Waals surface area (Å²) in [5, 5.41) is 1.12. The van der Waals surface area contributed by atoms with Gasteiger partial charge < -0.3 is 9.47 Å². The summed E-state index contributed by atoms with van der Waals surface area (Å²) in [4.78, 5) is 12.3. The normalized spacial score (nSPS) is 10.9. The Bertz CT molecular complexity index is 1060. The van der Waals surface area contributed by atoms with Crippen molar-refractivity contribution in [3.8, 4) is 11.5 Å². The van der Waals surface area contributed by atoms with E-state index in [-0.39, 0.29) is 12.4 Å². The third-order valence-corrected chi connectivity index (χ3v) is 5.20. The van der Waals surface area contributed by atoms with Crippen molar-refractivity contribution < 1.29 is 14.3 Å². The quantitative estimate of drug-likeness (QED) is 0.258. The summed E-state index contributed by atoms with van der Waals surface area (Å²) in [5.41, 5.74) is 2.26. The Balaban J connectivity index is 1.72. The van der Waals surface area contributed by atoms with Gasteiger partial charge in [0.1, 0.15) is 6.61 Å². The van der Waals surface area contributed by atoms with Crippen molar-refractivity contribution >= 4 is 51.0 Å². The largest absolute Gasteiger partial charge is 0.493 e. The highest BCUT2D eigenvalue weighted by Gasteiger charge is 2.08. The van der Waals surface area contributed by atoms with Gasteiger partial charge in [-0.1, -0.05) is 69.5 Å². The highest BCUT2D eigenvalue weighted by molar-refractivity contribution is 9.10. The fourth-order valence-electron chi connectivity index (χ4n) is 2.61. The highest BCUT2D eigenvalue weighted by atomic mass is 79.9. The molecule has 6 heteroatoms. The van der Waals surface area contributed by atoms with Crippen molar-refractivity contribution in [1.29, 1.82) is 0 Å². The number of hydrogen-bond donors (Lipinski definition) is 0. The number of carbonyl (C=O) groups is 1. The van der Waals surface area contributed by atoms with E-state index in [9.17, 15) is 4.79 Å². The molecule has 0 fully saturated rings. The van der Waals surface area contributed by atoms with Crippen molar-refractivity contribution in [3.05, 3.63) is 97.9 Å². The Morgan fingerprint density at radius 1 is 1.03 bits per heavy atom. The second kappa shape index (κ2) is 9.97. The third kappa shape index (κ3) is 5.86. The number of ketones is 1. The van der Waals surface area contributed by atoms with E-state index < -0.39 is 0 Å². The van der Waals surface area contributed by atoms with E-state index in [4.69, 9.17) is 32.7 Å². The molecule has 0 heterocycles. The zero-order valence-electron chi connectivity index (χ0n) is 15.5.